The van der Waals surface area contributed by atoms with Crippen LogP contribution in [0.25, 0.3) is 11.3 Å². The average Bonchev–Trinajstić information content (AvgIpc) is 3.36. The van der Waals surface area contributed by atoms with E-state index >= 15 is 0 Å². The summed E-state index contributed by atoms with van der Waals surface area (Å²) < 4.78 is 5.99. The van der Waals surface area contributed by atoms with Crippen molar-refractivity contribution in [3.8, 4) is 17.0 Å². The minimum atomic E-state index is -0.784. The molecule has 0 spiro atoms. The van der Waals surface area contributed by atoms with E-state index in [-0.39, 0.29) is 6.42 Å². The highest BCUT2D eigenvalue weighted by molar-refractivity contribution is 7.10. The number of hydrogen-bond donors (Lipinski definition) is 1. The Morgan fingerprint density at radius 3 is 2.54 bits per heavy atom. The number of hydrogen-bond acceptors (Lipinski definition) is 5. The van der Waals surface area contributed by atoms with Gasteiger partial charge < -0.3 is 14.7 Å². The van der Waals surface area contributed by atoms with Crippen LogP contribution in [0.2, 0.25) is 0 Å². The van der Waals surface area contributed by atoms with Gasteiger partial charge in [0.2, 0.25) is 0 Å². The third kappa shape index (κ3) is 7.17. The smallest absolute Gasteiger partial charge is 0.303 e. The molecule has 0 aliphatic carbocycles. The average molecular weight is 487 g/mol. The molecule has 0 saturated carbocycles. The molecule has 0 aliphatic rings. The van der Waals surface area contributed by atoms with E-state index in [0.717, 1.165) is 58.3 Å². The van der Waals surface area contributed by atoms with Gasteiger partial charge in [-0.2, -0.15) is 0 Å². The third-order valence-electron chi connectivity index (χ3n) is 5.67. The Labute approximate surface area is 210 Å². The van der Waals surface area contributed by atoms with Gasteiger partial charge in [0.05, 0.1) is 12.2 Å². The summed E-state index contributed by atoms with van der Waals surface area (Å²) in [6.45, 7) is 4.38. The Balaban J connectivity index is 1.39. The molecule has 0 aliphatic heterocycles. The molecular formula is C29H30N2O3S. The molecule has 0 amide bonds. The number of carbonyl (C=O) groups is 1. The van der Waals surface area contributed by atoms with Gasteiger partial charge in [-0.3, -0.25) is 4.79 Å². The molecule has 0 fully saturated rings. The van der Waals surface area contributed by atoms with Gasteiger partial charge in [0, 0.05) is 29.6 Å². The molecule has 5 nitrogen and oxygen atoms in total. The van der Waals surface area contributed by atoms with Crippen LogP contribution < -0.4 is 9.64 Å². The molecule has 0 saturated heterocycles. The first-order valence-corrected chi connectivity index (χ1v) is 12.8. The van der Waals surface area contributed by atoms with E-state index < -0.39 is 5.97 Å². The van der Waals surface area contributed by atoms with E-state index in [9.17, 15) is 4.79 Å². The Bertz CT molecular complexity index is 1220. The van der Waals surface area contributed by atoms with Gasteiger partial charge in [0.15, 0.2) is 0 Å². The fraction of sp³-hybridized carbons (Fsp3) is 0.241. The van der Waals surface area contributed by atoms with Gasteiger partial charge in [-0.1, -0.05) is 61.5 Å². The molecular weight excluding hydrogens is 456 g/mol. The summed E-state index contributed by atoms with van der Waals surface area (Å²) in [6, 6.07) is 26.4. The highest BCUT2D eigenvalue weighted by Crippen LogP contribution is 2.25. The van der Waals surface area contributed by atoms with Crippen molar-refractivity contribution in [3.05, 3.63) is 100 Å². The van der Waals surface area contributed by atoms with E-state index in [2.05, 4.69) is 53.6 Å². The van der Waals surface area contributed by atoms with Gasteiger partial charge in [-0.15, -0.1) is 11.3 Å². The van der Waals surface area contributed by atoms with Gasteiger partial charge >= 0.3 is 5.97 Å². The van der Waals surface area contributed by atoms with Gasteiger partial charge in [0.1, 0.15) is 17.4 Å². The van der Waals surface area contributed by atoms with E-state index in [1.54, 1.807) is 11.3 Å². The first kappa shape index (κ1) is 24.5. The molecule has 4 rings (SSSR count). The summed E-state index contributed by atoms with van der Waals surface area (Å²) in [5.41, 5.74) is 5.43. The Morgan fingerprint density at radius 1 is 1.00 bits per heavy atom. The molecule has 3 aromatic carbocycles. The maximum atomic E-state index is 10.7. The number of aliphatic carboxylic acids is 1. The van der Waals surface area contributed by atoms with Crippen LogP contribution in [0.3, 0.4) is 0 Å². The number of anilines is 1. The summed E-state index contributed by atoms with van der Waals surface area (Å²) >= 11 is 1.70. The van der Waals surface area contributed by atoms with Crippen LogP contribution in [-0.4, -0.2) is 22.6 Å². The van der Waals surface area contributed by atoms with Crippen molar-refractivity contribution >= 4 is 23.0 Å². The summed E-state index contributed by atoms with van der Waals surface area (Å²) in [5, 5.41) is 12.1. The van der Waals surface area contributed by atoms with Crippen LogP contribution in [0.15, 0.2) is 84.2 Å². The second kappa shape index (κ2) is 12.2. The van der Waals surface area contributed by atoms with Crippen molar-refractivity contribution in [1.82, 2.24) is 4.98 Å². The second-order valence-electron chi connectivity index (χ2n) is 8.41. The summed E-state index contributed by atoms with van der Waals surface area (Å²) in [4.78, 5) is 18.0. The number of aromatic nitrogens is 1. The fourth-order valence-corrected chi connectivity index (χ4v) is 4.69. The van der Waals surface area contributed by atoms with Crippen molar-refractivity contribution < 1.29 is 14.6 Å². The lowest BCUT2D eigenvalue weighted by atomic mass is 10.1. The minimum absolute atomic E-state index is 0.135. The molecule has 4 aromatic rings. The lowest BCUT2D eigenvalue weighted by Crippen LogP contribution is -2.23. The largest absolute Gasteiger partial charge is 0.489 e. The first-order chi connectivity index (χ1) is 17.1. The molecule has 35 heavy (non-hydrogen) atoms. The molecule has 0 bridgehead atoms. The number of benzene rings is 3. The number of aryl methyl sites for hydroxylation is 1. The molecule has 180 valence electrons. The van der Waals surface area contributed by atoms with E-state index in [4.69, 9.17) is 14.8 Å². The van der Waals surface area contributed by atoms with Gasteiger partial charge in [-0.25, -0.2) is 4.98 Å². The number of rotatable bonds is 12. The highest BCUT2D eigenvalue weighted by atomic mass is 32.1. The fourth-order valence-electron chi connectivity index (χ4n) is 3.87. The lowest BCUT2D eigenvalue weighted by molar-refractivity contribution is -0.136. The zero-order chi connectivity index (χ0) is 24.5. The molecule has 0 unspecified atom stereocenters. The van der Waals surface area contributed by atoms with Crippen LogP contribution in [0.1, 0.15) is 35.9 Å². The first-order valence-electron chi connectivity index (χ1n) is 11.9. The quantitative estimate of drug-likeness (QED) is 0.238. The molecule has 1 heterocycles. The SMILES string of the molecule is CCCN(Cc1nc(-c2ccccc2)cs1)c1cccc(COc2ccc(CCC(=O)O)cc2)c1. The molecule has 1 aromatic heterocycles. The predicted octanol–water partition coefficient (Wildman–Crippen LogP) is 6.82. The minimum Gasteiger partial charge on any atom is -0.489 e. The maximum Gasteiger partial charge on any atom is 0.303 e. The van der Waals surface area contributed by atoms with Crippen molar-refractivity contribution in [2.45, 2.75) is 39.3 Å². The lowest BCUT2D eigenvalue weighted by Gasteiger charge is -2.24. The van der Waals surface area contributed by atoms with E-state index in [1.807, 2.05) is 42.5 Å². The monoisotopic (exact) mass is 486 g/mol. The molecule has 0 radical (unpaired) electrons. The highest BCUT2D eigenvalue weighted by Gasteiger charge is 2.12. The number of thiazole rings is 1. The maximum absolute atomic E-state index is 10.7. The second-order valence-corrected chi connectivity index (χ2v) is 9.35. The topological polar surface area (TPSA) is 62.7 Å². The summed E-state index contributed by atoms with van der Waals surface area (Å²) in [6.07, 6.45) is 1.71. The zero-order valence-corrected chi connectivity index (χ0v) is 20.7. The van der Waals surface area contributed by atoms with Crippen LogP contribution in [0, 0.1) is 0 Å². The van der Waals surface area contributed by atoms with Crippen LogP contribution >= 0.6 is 11.3 Å². The van der Waals surface area contributed by atoms with Crippen molar-refractivity contribution in [2.75, 3.05) is 11.4 Å². The van der Waals surface area contributed by atoms with Crippen molar-refractivity contribution in [3.63, 3.8) is 0 Å². The number of carboxylic acid groups (broad SMARTS) is 1. The molecule has 0 atom stereocenters. The van der Waals surface area contributed by atoms with Crippen LogP contribution in [0.5, 0.6) is 5.75 Å². The summed E-state index contributed by atoms with van der Waals surface area (Å²) in [5.74, 6) is -0.00932. The number of carboxylic acids is 1. The standard InChI is InChI=1S/C29H30N2O3S/c1-2-17-31(19-28-30-27(21-35-28)24-8-4-3-5-9-24)25-10-6-7-23(18-25)20-34-26-14-11-22(12-15-26)13-16-29(32)33/h3-12,14-15,18,21H,2,13,16-17,19-20H2,1H3,(H,32,33). The van der Waals surface area contributed by atoms with E-state index in [1.165, 1.54) is 0 Å². The van der Waals surface area contributed by atoms with Gasteiger partial charge in [-0.05, 0) is 48.2 Å². The van der Waals surface area contributed by atoms with Crippen molar-refractivity contribution in [2.24, 2.45) is 0 Å². The third-order valence-corrected chi connectivity index (χ3v) is 6.51. The Morgan fingerprint density at radius 2 is 1.80 bits per heavy atom. The van der Waals surface area contributed by atoms with Crippen LogP contribution in [-0.2, 0) is 24.4 Å². The molecule has 1 N–H and O–H groups in total. The van der Waals surface area contributed by atoms with Crippen LogP contribution in [0.4, 0.5) is 5.69 Å². The normalized spacial score (nSPS) is 10.8. The van der Waals surface area contributed by atoms with E-state index in [0.29, 0.717) is 13.0 Å². The molecule has 6 heteroatoms. The number of nitrogens with zero attached hydrogens (tertiary/aromatic N) is 2. The predicted molar refractivity (Wildman–Crippen MR) is 142 cm³/mol. The Kier molecular flexibility index (Phi) is 8.52. The Hall–Kier alpha value is -3.64. The number of ether oxygens (including phenoxy) is 1. The summed E-state index contributed by atoms with van der Waals surface area (Å²) in [7, 11) is 0. The zero-order valence-electron chi connectivity index (χ0n) is 19.9. The van der Waals surface area contributed by atoms with Crippen molar-refractivity contribution in [1.29, 1.82) is 0 Å². The van der Waals surface area contributed by atoms with Gasteiger partial charge in [0.25, 0.3) is 0 Å².